The number of amides is 3. The maximum absolute atomic E-state index is 13.9. The molecule has 29 heavy (non-hydrogen) atoms. The minimum atomic E-state index is -6.83. The molecule has 1 aliphatic rings. The van der Waals surface area contributed by atoms with E-state index in [0.29, 0.717) is 0 Å². The van der Waals surface area contributed by atoms with Gasteiger partial charge in [-0.3, -0.25) is 15.0 Å². The molecule has 1 atom stereocenters. The van der Waals surface area contributed by atoms with Crippen LogP contribution in [0.4, 0.5) is 50.0 Å². The van der Waals surface area contributed by atoms with Gasteiger partial charge in [0, 0.05) is 10.7 Å². The first kappa shape index (κ1) is 22.9. The number of hydrazine groups is 1. The first-order valence-corrected chi connectivity index (χ1v) is 7.41. The van der Waals surface area contributed by atoms with Crippen LogP contribution in [0.1, 0.15) is 0 Å². The lowest BCUT2D eigenvalue weighted by atomic mass is 9.99. The van der Waals surface area contributed by atoms with Gasteiger partial charge in [0.2, 0.25) is 0 Å². The van der Waals surface area contributed by atoms with E-state index < -0.39 is 41.7 Å². The molecule has 0 aromatic heterocycles. The van der Waals surface area contributed by atoms with Crippen molar-refractivity contribution in [3.8, 4) is 0 Å². The van der Waals surface area contributed by atoms with Crippen molar-refractivity contribution in [2.45, 2.75) is 29.7 Å². The first-order chi connectivity index (χ1) is 13.0. The molecule has 0 saturated carbocycles. The fourth-order valence-corrected chi connectivity index (χ4v) is 2.21. The number of carbonyl (C=O) groups is 2. The molecule has 0 bridgehead atoms. The third-order valence-electron chi connectivity index (χ3n) is 3.49. The smallest absolute Gasteiger partial charge is 0.307 e. The lowest BCUT2D eigenvalue weighted by Gasteiger charge is -2.31. The molecule has 1 fully saturated rings. The van der Waals surface area contributed by atoms with Gasteiger partial charge in [-0.15, -0.1) is 0 Å². The number of carbonyl (C=O) groups excluding carboxylic acids is 2. The van der Waals surface area contributed by atoms with E-state index in [0.717, 1.165) is 16.9 Å². The van der Waals surface area contributed by atoms with Gasteiger partial charge in [0.05, 0.1) is 0 Å². The molecule has 6 nitrogen and oxygen atoms in total. The van der Waals surface area contributed by atoms with E-state index in [1.54, 1.807) is 0 Å². The number of ether oxygens (including phenoxy) is 1. The van der Waals surface area contributed by atoms with E-state index >= 15 is 0 Å². The summed E-state index contributed by atoms with van der Waals surface area (Å²) < 4.78 is 122. The molecule has 1 saturated heterocycles. The number of hydrogen-bond acceptors (Lipinski definition) is 3. The maximum atomic E-state index is 13.9. The number of hydrogen-bond donors (Lipinski definition) is 3. The Balaban J connectivity index is 2.14. The van der Waals surface area contributed by atoms with Crippen LogP contribution < -0.4 is 16.2 Å². The van der Waals surface area contributed by atoms with E-state index in [2.05, 4.69) is 4.74 Å². The highest BCUT2D eigenvalue weighted by Gasteiger charge is 2.96. The molecule has 3 N–H and O–H groups in total. The summed E-state index contributed by atoms with van der Waals surface area (Å²) in [5, 5.41) is 2.02. The van der Waals surface area contributed by atoms with Gasteiger partial charge in [-0.1, -0.05) is 17.7 Å². The number of benzene rings is 1. The Hall–Kier alpha value is -2.42. The molecule has 1 heterocycles. The van der Waals surface area contributed by atoms with E-state index in [9.17, 15) is 49.1 Å². The molecule has 162 valence electrons. The summed E-state index contributed by atoms with van der Waals surface area (Å²) in [6.45, 7) is 0. The number of alkyl halides is 9. The van der Waals surface area contributed by atoms with Gasteiger partial charge < -0.3 is 5.32 Å². The van der Waals surface area contributed by atoms with Gasteiger partial charge in [0.1, 0.15) is 0 Å². The van der Waals surface area contributed by atoms with Crippen molar-refractivity contribution in [3.63, 3.8) is 0 Å². The molecule has 0 aliphatic carbocycles. The van der Waals surface area contributed by atoms with Crippen LogP contribution in [0, 0.1) is 0 Å². The molecular weight excluding hydrogens is 453 g/mol. The van der Waals surface area contributed by atoms with Gasteiger partial charge in [0.25, 0.3) is 0 Å². The zero-order valence-electron chi connectivity index (χ0n) is 13.3. The molecule has 1 aliphatic heterocycles. The number of halogens is 10. The van der Waals surface area contributed by atoms with Gasteiger partial charge in [-0.25, -0.2) is 10.2 Å². The number of nitrogens with one attached hydrogen (secondary N) is 3. The Morgan fingerprint density at radius 1 is 0.966 bits per heavy atom. The number of anilines is 1. The average molecular weight is 460 g/mol. The lowest BCUT2D eigenvalue weighted by Crippen LogP contribution is -2.66. The maximum Gasteiger partial charge on any atom is 0.428 e. The van der Waals surface area contributed by atoms with Crippen LogP contribution in [0.15, 0.2) is 24.3 Å². The third-order valence-corrected chi connectivity index (χ3v) is 3.73. The Morgan fingerprint density at radius 3 is 2.03 bits per heavy atom. The fourth-order valence-electron chi connectivity index (χ4n) is 2.02. The second-order valence-electron chi connectivity index (χ2n) is 5.48. The van der Waals surface area contributed by atoms with Crippen molar-refractivity contribution < 1.29 is 53.8 Å². The highest BCUT2D eigenvalue weighted by atomic mass is 35.5. The number of urea groups is 1. The molecule has 1 aromatic carbocycles. The molecular formula is C13H7ClF9N3O3. The van der Waals surface area contributed by atoms with Crippen molar-refractivity contribution in [1.82, 2.24) is 10.9 Å². The molecule has 3 amide bonds. The van der Waals surface area contributed by atoms with E-state index in [4.69, 9.17) is 11.6 Å². The minimum Gasteiger partial charge on any atom is -0.307 e. The zero-order chi connectivity index (χ0) is 22.5. The van der Waals surface area contributed by atoms with Gasteiger partial charge in [0.15, 0.2) is 0 Å². The van der Waals surface area contributed by atoms with Crippen molar-refractivity contribution in [2.24, 2.45) is 0 Å². The van der Waals surface area contributed by atoms with Gasteiger partial charge in [-0.2, -0.15) is 39.5 Å². The zero-order valence-corrected chi connectivity index (χ0v) is 14.1. The summed E-state index contributed by atoms with van der Waals surface area (Å²) in [6.07, 6.45) is -6.37. The van der Waals surface area contributed by atoms with Crippen LogP contribution >= 0.6 is 11.6 Å². The Kier molecular flexibility index (Phi) is 5.38. The predicted molar refractivity (Wildman–Crippen MR) is 76.5 cm³/mol. The molecule has 2 rings (SSSR count). The second kappa shape index (κ2) is 6.83. The SMILES string of the molecule is O=C(NNC(=O)C(F)(F)C1(F)OC(F)(F)C(F)(F)C1(F)F)Nc1cccc(Cl)c1. The summed E-state index contributed by atoms with van der Waals surface area (Å²) >= 11 is 5.59. The normalized spacial score (nSPS) is 24.6. The number of rotatable bonds is 3. The summed E-state index contributed by atoms with van der Waals surface area (Å²) in [6, 6.07) is 3.58. The summed E-state index contributed by atoms with van der Waals surface area (Å²) in [5.74, 6) is -29.5. The fraction of sp³-hybridized carbons (Fsp3) is 0.385. The summed E-state index contributed by atoms with van der Waals surface area (Å²) in [5.41, 5.74) is 1.82. The highest BCUT2D eigenvalue weighted by molar-refractivity contribution is 6.30. The standard InChI is InChI=1S/C13H7ClF9N3O3/c14-5-2-1-3-6(4-5)24-8(28)26-25-7(27)9(15,16)12(21)10(17,18)11(19,20)13(22,23)29-12/h1-4H,(H,25,27)(H2,24,26,28). The van der Waals surface area contributed by atoms with E-state index in [1.807, 2.05) is 5.32 Å². The van der Waals surface area contributed by atoms with E-state index in [-0.39, 0.29) is 10.7 Å². The quantitative estimate of drug-likeness (QED) is 0.476. The molecule has 0 radical (unpaired) electrons. The van der Waals surface area contributed by atoms with Crippen molar-refractivity contribution in [1.29, 1.82) is 0 Å². The predicted octanol–water partition coefficient (Wildman–Crippen LogP) is 3.69. The summed E-state index contributed by atoms with van der Waals surface area (Å²) in [4.78, 5) is 22.8. The van der Waals surface area contributed by atoms with Crippen LogP contribution in [0.3, 0.4) is 0 Å². The van der Waals surface area contributed by atoms with Crippen LogP contribution in [0.5, 0.6) is 0 Å². The van der Waals surface area contributed by atoms with Crippen molar-refractivity contribution >= 4 is 29.2 Å². The Bertz CT molecular complexity index is 839. The molecule has 1 unspecified atom stereocenters. The summed E-state index contributed by atoms with van der Waals surface area (Å²) in [7, 11) is 0. The Labute approximate surface area is 159 Å². The highest BCUT2D eigenvalue weighted by Crippen LogP contribution is 2.64. The molecule has 1 aromatic rings. The molecule has 0 spiro atoms. The largest absolute Gasteiger partial charge is 0.428 e. The second-order valence-corrected chi connectivity index (χ2v) is 5.92. The monoisotopic (exact) mass is 459 g/mol. The Morgan fingerprint density at radius 2 is 1.55 bits per heavy atom. The van der Waals surface area contributed by atoms with Gasteiger partial charge >= 0.3 is 41.7 Å². The van der Waals surface area contributed by atoms with Crippen LogP contribution in [0.25, 0.3) is 0 Å². The van der Waals surface area contributed by atoms with E-state index in [1.165, 1.54) is 18.2 Å². The van der Waals surface area contributed by atoms with Gasteiger partial charge in [-0.05, 0) is 18.2 Å². The minimum absolute atomic E-state index is 0.0529. The lowest BCUT2D eigenvalue weighted by molar-refractivity contribution is -0.367. The molecule has 16 heteroatoms. The van der Waals surface area contributed by atoms with Crippen LogP contribution in [0.2, 0.25) is 5.02 Å². The van der Waals surface area contributed by atoms with Crippen LogP contribution in [-0.2, 0) is 9.53 Å². The third kappa shape index (κ3) is 3.41. The van der Waals surface area contributed by atoms with Crippen molar-refractivity contribution in [2.75, 3.05) is 5.32 Å². The topological polar surface area (TPSA) is 79.5 Å². The van der Waals surface area contributed by atoms with Crippen LogP contribution in [-0.4, -0.2) is 41.7 Å². The first-order valence-electron chi connectivity index (χ1n) is 7.03. The van der Waals surface area contributed by atoms with Crippen molar-refractivity contribution in [3.05, 3.63) is 29.3 Å². The average Bonchev–Trinajstić information content (AvgIpc) is 2.67.